The van der Waals surface area contributed by atoms with Crippen molar-refractivity contribution in [3.05, 3.63) is 29.8 Å². The van der Waals surface area contributed by atoms with Gasteiger partial charge in [0.2, 0.25) is 11.8 Å². The predicted octanol–water partition coefficient (Wildman–Crippen LogP) is 4.06. The lowest BCUT2D eigenvalue weighted by Crippen LogP contribution is -2.39. The van der Waals surface area contributed by atoms with Gasteiger partial charge in [-0.3, -0.25) is 14.9 Å². The second-order valence-corrected chi connectivity index (χ2v) is 8.22. The topological polar surface area (TPSA) is 61.4 Å². The van der Waals surface area contributed by atoms with Crippen LogP contribution in [0.3, 0.4) is 0 Å². The van der Waals surface area contributed by atoms with Crippen molar-refractivity contribution in [1.82, 2.24) is 10.2 Å². The van der Waals surface area contributed by atoms with Gasteiger partial charge in [0.05, 0.1) is 5.92 Å². The van der Waals surface area contributed by atoms with Crippen LogP contribution in [-0.4, -0.2) is 42.9 Å². The summed E-state index contributed by atoms with van der Waals surface area (Å²) in [4.78, 5) is 25.8. The molecule has 0 aromatic heterocycles. The highest BCUT2D eigenvalue weighted by Gasteiger charge is 2.27. The predicted molar refractivity (Wildman–Crippen MR) is 113 cm³/mol. The number of anilines is 1. The van der Waals surface area contributed by atoms with Gasteiger partial charge in [0.15, 0.2) is 0 Å². The third-order valence-electron chi connectivity index (χ3n) is 5.98. The Hall–Kier alpha value is -1.88. The van der Waals surface area contributed by atoms with E-state index in [1.807, 2.05) is 24.3 Å². The zero-order valence-electron chi connectivity index (χ0n) is 17.0. The van der Waals surface area contributed by atoms with Crippen molar-refractivity contribution in [2.75, 3.05) is 31.5 Å². The molecule has 1 aromatic rings. The van der Waals surface area contributed by atoms with Crippen molar-refractivity contribution >= 4 is 17.5 Å². The smallest absolute Gasteiger partial charge is 0.234 e. The molecule has 2 heterocycles. The molecular formula is C23H35N3O2. The quantitative estimate of drug-likeness (QED) is 0.471. The van der Waals surface area contributed by atoms with E-state index >= 15 is 0 Å². The van der Waals surface area contributed by atoms with Crippen LogP contribution >= 0.6 is 0 Å². The first-order chi connectivity index (χ1) is 13.7. The molecule has 154 valence electrons. The molecule has 2 N–H and O–H groups in total. The molecule has 5 nitrogen and oxygen atoms in total. The fraction of sp³-hybridized carbons (Fsp3) is 0.652. The maximum Gasteiger partial charge on any atom is 0.234 e. The third-order valence-corrected chi connectivity index (χ3v) is 5.98. The lowest BCUT2D eigenvalue weighted by atomic mass is 9.90. The molecule has 1 atom stereocenters. The largest absolute Gasteiger partial charge is 0.385 e. The average molecular weight is 386 g/mol. The average Bonchev–Trinajstić information content (AvgIpc) is 2.71. The Morgan fingerprint density at radius 2 is 1.64 bits per heavy atom. The van der Waals surface area contributed by atoms with E-state index in [0.717, 1.165) is 17.8 Å². The first-order valence-electron chi connectivity index (χ1n) is 11.1. The van der Waals surface area contributed by atoms with Crippen molar-refractivity contribution in [3.8, 4) is 0 Å². The van der Waals surface area contributed by atoms with E-state index in [4.69, 9.17) is 0 Å². The highest BCUT2D eigenvalue weighted by Crippen LogP contribution is 2.25. The number of nitrogens with zero attached hydrogens (tertiary/aromatic N) is 1. The van der Waals surface area contributed by atoms with Gasteiger partial charge < -0.3 is 10.2 Å². The van der Waals surface area contributed by atoms with Crippen molar-refractivity contribution < 1.29 is 9.59 Å². The molecule has 2 fully saturated rings. The van der Waals surface area contributed by atoms with E-state index in [1.54, 1.807) is 0 Å². The van der Waals surface area contributed by atoms with E-state index in [2.05, 4.69) is 15.5 Å². The van der Waals surface area contributed by atoms with Crippen LogP contribution in [0.2, 0.25) is 0 Å². The number of rotatable bonds is 10. The third kappa shape index (κ3) is 6.62. The van der Waals surface area contributed by atoms with Gasteiger partial charge in [-0.1, -0.05) is 37.8 Å². The summed E-state index contributed by atoms with van der Waals surface area (Å²) in [6.07, 6.45) is 11.7. The summed E-state index contributed by atoms with van der Waals surface area (Å²) < 4.78 is 0. The number of nitrogens with one attached hydrogen (secondary N) is 2. The fourth-order valence-electron chi connectivity index (χ4n) is 4.25. The summed E-state index contributed by atoms with van der Waals surface area (Å²) in [7, 11) is 0. The van der Waals surface area contributed by atoms with Crippen LogP contribution in [0.25, 0.3) is 0 Å². The zero-order valence-corrected chi connectivity index (χ0v) is 17.0. The lowest BCUT2D eigenvalue weighted by molar-refractivity contribution is -0.134. The highest BCUT2D eigenvalue weighted by atomic mass is 16.2. The van der Waals surface area contributed by atoms with Crippen LogP contribution in [0.15, 0.2) is 24.3 Å². The van der Waals surface area contributed by atoms with E-state index in [9.17, 15) is 9.59 Å². The van der Waals surface area contributed by atoms with Crippen LogP contribution in [0.5, 0.6) is 0 Å². The molecule has 5 heteroatoms. The van der Waals surface area contributed by atoms with Crippen molar-refractivity contribution in [2.24, 2.45) is 0 Å². The summed E-state index contributed by atoms with van der Waals surface area (Å²) in [5.74, 6) is -0.528. The Balaban J connectivity index is 1.25. The molecule has 0 aliphatic carbocycles. The first-order valence-corrected chi connectivity index (χ1v) is 11.1. The summed E-state index contributed by atoms with van der Waals surface area (Å²) in [5, 5.41) is 5.90. The van der Waals surface area contributed by atoms with Gasteiger partial charge in [-0.2, -0.15) is 0 Å². The van der Waals surface area contributed by atoms with E-state index < -0.39 is 0 Å². The maximum absolute atomic E-state index is 11.9. The number of amides is 2. The number of unbranched alkanes of at least 4 members (excludes halogenated alkanes) is 4. The Labute approximate surface area is 169 Å². The summed E-state index contributed by atoms with van der Waals surface area (Å²) in [6, 6.07) is 8.08. The van der Waals surface area contributed by atoms with Gasteiger partial charge in [0, 0.05) is 18.7 Å². The SMILES string of the molecule is O=C1CCC(c2ccc(NCCCCCCCN3CCCCC3)cc2)C(=O)N1. The molecule has 2 saturated heterocycles. The minimum absolute atomic E-state index is 0.161. The maximum atomic E-state index is 11.9. The second kappa shape index (κ2) is 11.2. The van der Waals surface area contributed by atoms with Crippen LogP contribution in [0.1, 0.15) is 75.7 Å². The monoisotopic (exact) mass is 385 g/mol. The molecule has 2 amide bonds. The van der Waals surface area contributed by atoms with Crippen LogP contribution < -0.4 is 10.6 Å². The summed E-state index contributed by atoms with van der Waals surface area (Å²) in [5.41, 5.74) is 2.09. The van der Waals surface area contributed by atoms with E-state index in [-0.39, 0.29) is 17.7 Å². The van der Waals surface area contributed by atoms with Gasteiger partial charge >= 0.3 is 0 Å². The molecule has 0 spiro atoms. The van der Waals surface area contributed by atoms with Gasteiger partial charge in [0.1, 0.15) is 0 Å². The summed E-state index contributed by atoms with van der Waals surface area (Å²) in [6.45, 7) is 4.90. The number of hydrogen-bond donors (Lipinski definition) is 2. The van der Waals surface area contributed by atoms with E-state index in [1.165, 1.54) is 71.0 Å². The Bertz CT molecular complexity index is 623. The minimum atomic E-state index is -0.198. The fourth-order valence-corrected chi connectivity index (χ4v) is 4.25. The normalized spacial score (nSPS) is 20.8. The molecule has 0 bridgehead atoms. The van der Waals surface area contributed by atoms with E-state index in [0.29, 0.717) is 12.8 Å². The van der Waals surface area contributed by atoms with Crippen molar-refractivity contribution in [1.29, 1.82) is 0 Å². The lowest BCUT2D eigenvalue weighted by Gasteiger charge is -2.26. The molecule has 28 heavy (non-hydrogen) atoms. The molecule has 0 radical (unpaired) electrons. The Morgan fingerprint density at radius 1 is 0.929 bits per heavy atom. The Kier molecular flexibility index (Phi) is 8.34. The van der Waals surface area contributed by atoms with Crippen LogP contribution in [-0.2, 0) is 9.59 Å². The molecular weight excluding hydrogens is 350 g/mol. The summed E-state index contributed by atoms with van der Waals surface area (Å²) >= 11 is 0. The number of hydrogen-bond acceptors (Lipinski definition) is 4. The number of benzene rings is 1. The van der Waals surface area contributed by atoms with Gasteiger partial charge in [-0.25, -0.2) is 0 Å². The highest BCUT2D eigenvalue weighted by molar-refractivity contribution is 6.00. The van der Waals surface area contributed by atoms with Gasteiger partial charge in [-0.05, 0) is 69.4 Å². The number of carbonyl (C=O) groups excluding carboxylic acids is 2. The molecule has 1 unspecified atom stereocenters. The van der Waals surface area contributed by atoms with Gasteiger partial charge in [-0.15, -0.1) is 0 Å². The second-order valence-electron chi connectivity index (χ2n) is 8.22. The van der Waals surface area contributed by atoms with Crippen molar-refractivity contribution in [3.63, 3.8) is 0 Å². The van der Waals surface area contributed by atoms with Crippen LogP contribution in [0, 0.1) is 0 Å². The number of carbonyl (C=O) groups is 2. The molecule has 3 rings (SSSR count). The number of imide groups is 1. The molecule has 0 saturated carbocycles. The zero-order chi connectivity index (χ0) is 19.6. The van der Waals surface area contributed by atoms with Crippen molar-refractivity contribution in [2.45, 2.75) is 70.1 Å². The Morgan fingerprint density at radius 3 is 2.39 bits per heavy atom. The number of likely N-dealkylation sites (tertiary alicyclic amines) is 1. The molecule has 2 aliphatic rings. The number of piperidine rings is 2. The standard InChI is InChI=1S/C23H35N3O2/c27-22-14-13-21(23(28)25-22)19-9-11-20(12-10-19)24-15-5-2-1-3-6-16-26-17-7-4-8-18-26/h9-12,21,24H,1-8,13-18H2,(H,25,27,28). The van der Waals surface area contributed by atoms with Crippen LogP contribution in [0.4, 0.5) is 5.69 Å². The first kappa shape index (κ1) is 20.8. The minimum Gasteiger partial charge on any atom is -0.385 e. The molecule has 2 aliphatic heterocycles. The van der Waals surface area contributed by atoms with Gasteiger partial charge in [0.25, 0.3) is 0 Å². The molecule has 1 aromatic carbocycles.